The zero-order valence-corrected chi connectivity index (χ0v) is 12.2. The molecule has 0 atom stereocenters. The van der Waals surface area contributed by atoms with Gasteiger partial charge in [-0.05, 0) is 37.3 Å². The lowest BCUT2D eigenvalue weighted by Crippen LogP contribution is -2.23. The van der Waals surface area contributed by atoms with E-state index in [0.29, 0.717) is 17.8 Å². The third-order valence-electron chi connectivity index (χ3n) is 3.24. The minimum absolute atomic E-state index is 0.0102. The van der Waals surface area contributed by atoms with Crippen LogP contribution in [0.4, 0.5) is 25.8 Å². The summed E-state index contributed by atoms with van der Waals surface area (Å²) in [5, 5.41) is 0. The molecule has 0 spiro atoms. The molecule has 0 saturated carbocycles. The van der Waals surface area contributed by atoms with Gasteiger partial charge in [0.1, 0.15) is 5.84 Å². The summed E-state index contributed by atoms with van der Waals surface area (Å²) in [5.41, 5.74) is 7.16. The molecule has 0 saturated heterocycles. The lowest BCUT2D eigenvalue weighted by atomic mass is 10.2. The summed E-state index contributed by atoms with van der Waals surface area (Å²) < 4.78 is 26.5. The van der Waals surface area contributed by atoms with Crippen LogP contribution < -0.4 is 10.6 Å². The highest BCUT2D eigenvalue weighted by Crippen LogP contribution is 2.23. The van der Waals surface area contributed by atoms with Crippen molar-refractivity contribution in [2.45, 2.75) is 6.92 Å². The van der Waals surface area contributed by atoms with Crippen LogP contribution in [0.1, 0.15) is 17.3 Å². The van der Waals surface area contributed by atoms with Gasteiger partial charge in [0.2, 0.25) is 0 Å². The average Bonchev–Trinajstić information content (AvgIpc) is 2.50. The molecular formula is C16H15F2N3O. The second-order valence-electron chi connectivity index (χ2n) is 4.75. The van der Waals surface area contributed by atoms with Crippen LogP contribution in [-0.2, 0) is 0 Å². The number of nitrogen functional groups attached to an aromatic ring is 1. The summed E-state index contributed by atoms with van der Waals surface area (Å²) in [4.78, 5) is 16.9. The Morgan fingerprint density at radius 3 is 2.36 bits per heavy atom. The summed E-state index contributed by atoms with van der Waals surface area (Å²) in [6.45, 7) is 1.70. The van der Waals surface area contributed by atoms with Crippen molar-refractivity contribution in [2.75, 3.05) is 17.7 Å². The second-order valence-corrected chi connectivity index (χ2v) is 4.75. The monoisotopic (exact) mass is 303 g/mol. The van der Waals surface area contributed by atoms with Gasteiger partial charge >= 0.3 is 0 Å². The molecule has 4 nitrogen and oxygen atoms in total. The highest BCUT2D eigenvalue weighted by Gasteiger charge is 2.11. The molecule has 0 aromatic heterocycles. The predicted octanol–water partition coefficient (Wildman–Crippen LogP) is 3.55. The summed E-state index contributed by atoms with van der Waals surface area (Å²) in [5.74, 6) is -1.61. The lowest BCUT2D eigenvalue weighted by molar-refractivity contribution is 0.112. The van der Waals surface area contributed by atoms with Gasteiger partial charge in [-0.2, -0.15) is 0 Å². The van der Waals surface area contributed by atoms with E-state index in [1.165, 1.54) is 0 Å². The first-order valence-corrected chi connectivity index (χ1v) is 6.51. The smallest absolute Gasteiger partial charge is 0.161 e. The van der Waals surface area contributed by atoms with E-state index in [4.69, 9.17) is 5.73 Å². The van der Waals surface area contributed by atoms with E-state index >= 15 is 0 Å². The first kappa shape index (κ1) is 15.6. The molecule has 0 fully saturated rings. The Kier molecular flexibility index (Phi) is 4.50. The minimum atomic E-state index is -1.08. The van der Waals surface area contributed by atoms with Crippen molar-refractivity contribution < 1.29 is 13.6 Å². The van der Waals surface area contributed by atoms with Crippen molar-refractivity contribution in [3.63, 3.8) is 0 Å². The lowest BCUT2D eigenvalue weighted by Gasteiger charge is -2.19. The quantitative estimate of drug-likeness (QED) is 0.408. The SMILES string of the molecule is CC(=Nc1cc(F)c(F)cc1C=O)N(C)c1ccc(N)cc1. The molecule has 0 bridgehead atoms. The number of amidine groups is 1. The number of rotatable bonds is 3. The van der Waals surface area contributed by atoms with E-state index in [9.17, 15) is 13.6 Å². The van der Waals surface area contributed by atoms with Crippen LogP contribution in [0, 0.1) is 11.6 Å². The van der Waals surface area contributed by atoms with Crippen LogP contribution in [0.15, 0.2) is 41.4 Å². The highest BCUT2D eigenvalue weighted by atomic mass is 19.2. The number of nitrogens with two attached hydrogens (primary N) is 1. The van der Waals surface area contributed by atoms with E-state index in [-0.39, 0.29) is 11.3 Å². The minimum Gasteiger partial charge on any atom is -0.399 e. The Bertz CT molecular complexity index is 727. The zero-order chi connectivity index (χ0) is 16.3. The van der Waals surface area contributed by atoms with E-state index in [1.54, 1.807) is 43.1 Å². The molecule has 2 N–H and O–H groups in total. The fourth-order valence-electron chi connectivity index (χ4n) is 1.88. The van der Waals surface area contributed by atoms with Gasteiger partial charge in [0, 0.05) is 30.1 Å². The third-order valence-corrected chi connectivity index (χ3v) is 3.24. The fourth-order valence-corrected chi connectivity index (χ4v) is 1.88. The molecule has 22 heavy (non-hydrogen) atoms. The standard InChI is InChI=1S/C16H15F2N3O/c1-10(21(2)13-5-3-12(19)4-6-13)20-16-8-15(18)14(17)7-11(16)9-22/h3-9H,19H2,1-2H3. The molecule has 0 amide bonds. The normalized spacial score (nSPS) is 11.4. The summed E-state index contributed by atoms with van der Waals surface area (Å²) in [6.07, 6.45) is 0.442. The van der Waals surface area contributed by atoms with E-state index < -0.39 is 11.6 Å². The summed E-state index contributed by atoms with van der Waals surface area (Å²) in [6, 6.07) is 8.83. The number of hydrogen-bond donors (Lipinski definition) is 1. The van der Waals surface area contributed by atoms with Crippen molar-refractivity contribution in [1.82, 2.24) is 0 Å². The number of aldehydes is 1. The number of carbonyl (C=O) groups excluding carboxylic acids is 1. The first-order chi connectivity index (χ1) is 10.4. The van der Waals surface area contributed by atoms with Crippen LogP contribution in [0.2, 0.25) is 0 Å². The van der Waals surface area contributed by atoms with Gasteiger partial charge in [0.05, 0.1) is 5.69 Å². The third kappa shape index (κ3) is 3.28. The Labute approximate surface area is 126 Å². The molecule has 114 valence electrons. The Balaban J connectivity index is 2.37. The number of carbonyl (C=O) groups is 1. The highest BCUT2D eigenvalue weighted by molar-refractivity contribution is 5.98. The molecule has 0 unspecified atom stereocenters. The van der Waals surface area contributed by atoms with Gasteiger partial charge in [0.15, 0.2) is 17.9 Å². The maximum atomic E-state index is 13.3. The fraction of sp³-hybridized carbons (Fsp3) is 0.125. The molecule has 0 aliphatic heterocycles. The van der Waals surface area contributed by atoms with E-state index in [1.807, 2.05) is 0 Å². The molecule has 2 rings (SSSR count). The maximum Gasteiger partial charge on any atom is 0.161 e. The number of anilines is 2. The van der Waals surface area contributed by atoms with Gasteiger partial charge < -0.3 is 10.6 Å². The molecule has 6 heteroatoms. The van der Waals surface area contributed by atoms with Gasteiger partial charge in [-0.15, -0.1) is 0 Å². The molecule has 0 radical (unpaired) electrons. The summed E-state index contributed by atoms with van der Waals surface area (Å²) in [7, 11) is 1.77. The molecule has 0 aliphatic carbocycles. The van der Waals surface area contributed by atoms with E-state index in [0.717, 1.165) is 17.8 Å². The topological polar surface area (TPSA) is 58.7 Å². The second kappa shape index (κ2) is 6.34. The van der Waals surface area contributed by atoms with Crippen LogP contribution in [0.5, 0.6) is 0 Å². The number of nitrogens with zero attached hydrogens (tertiary/aromatic N) is 2. The molecule has 0 aliphatic rings. The molecule has 0 heterocycles. The van der Waals surface area contributed by atoms with Gasteiger partial charge in [-0.3, -0.25) is 4.79 Å². The molecular weight excluding hydrogens is 288 g/mol. The predicted molar refractivity (Wildman–Crippen MR) is 83.8 cm³/mol. The van der Waals surface area contributed by atoms with Crippen LogP contribution >= 0.6 is 0 Å². The first-order valence-electron chi connectivity index (χ1n) is 6.51. The summed E-state index contributed by atoms with van der Waals surface area (Å²) >= 11 is 0. The Morgan fingerprint density at radius 1 is 1.18 bits per heavy atom. The Morgan fingerprint density at radius 2 is 1.77 bits per heavy atom. The molecule has 2 aromatic carbocycles. The van der Waals surface area contributed by atoms with Crippen molar-refractivity contribution in [3.8, 4) is 0 Å². The van der Waals surface area contributed by atoms with Crippen LogP contribution in [-0.4, -0.2) is 19.2 Å². The van der Waals surface area contributed by atoms with Crippen molar-refractivity contribution in [1.29, 1.82) is 0 Å². The van der Waals surface area contributed by atoms with Gasteiger partial charge in [-0.1, -0.05) is 0 Å². The zero-order valence-electron chi connectivity index (χ0n) is 12.2. The molecule has 2 aromatic rings. The van der Waals surface area contributed by atoms with Gasteiger partial charge in [-0.25, -0.2) is 13.8 Å². The van der Waals surface area contributed by atoms with Crippen LogP contribution in [0.3, 0.4) is 0 Å². The van der Waals surface area contributed by atoms with Crippen LogP contribution in [0.25, 0.3) is 0 Å². The maximum absolute atomic E-state index is 13.3. The number of hydrogen-bond acceptors (Lipinski definition) is 3. The van der Waals surface area contributed by atoms with Crippen molar-refractivity contribution in [3.05, 3.63) is 53.6 Å². The van der Waals surface area contributed by atoms with Gasteiger partial charge in [0.25, 0.3) is 0 Å². The number of aliphatic imine (C=N–C) groups is 1. The number of halogens is 2. The largest absolute Gasteiger partial charge is 0.399 e. The Hall–Kier alpha value is -2.76. The average molecular weight is 303 g/mol. The van der Waals surface area contributed by atoms with E-state index in [2.05, 4.69) is 4.99 Å². The number of benzene rings is 2. The van der Waals surface area contributed by atoms with Crippen molar-refractivity contribution in [2.24, 2.45) is 4.99 Å². The van der Waals surface area contributed by atoms with Crippen molar-refractivity contribution >= 4 is 29.2 Å².